The Morgan fingerprint density at radius 1 is 0.773 bits per heavy atom. The number of allylic oxidation sites excluding steroid dienone is 5. The molecule has 0 fully saturated rings. The van der Waals surface area contributed by atoms with Gasteiger partial charge in [0.05, 0.1) is 39.9 Å². The molecule has 9 heteroatoms. The number of hydrogen-bond acceptors (Lipinski definition) is 5. The molecule has 0 aromatic carbocycles. The summed E-state index contributed by atoms with van der Waals surface area (Å²) >= 11 is 0. The highest BCUT2D eigenvalue weighted by molar-refractivity contribution is 7.47. The summed E-state index contributed by atoms with van der Waals surface area (Å²) in [7, 11) is 1.55. The fraction of sp³-hybridized carbons (Fsp3) is 0.800. The molecule has 3 unspecified atom stereocenters. The first kappa shape index (κ1) is 42.7. The standard InChI is InChI=1S/C35H67N2O6P/c1-6-8-10-12-14-16-17-18-19-21-23-25-27-29-35(39)36-33(32-43-44(40,41)42-31-30-37(3,4)5)34(38)28-26-24-22-20-15-13-11-9-7-2/h10,12,16-17,26,28,33-34,38H,6-9,11,13-15,18-25,27,29-32H2,1-5H3,(H-,36,39,40,41)/p+1/b12-10-,17-16-,28-26+. The van der Waals surface area contributed by atoms with Gasteiger partial charge in [-0.15, -0.1) is 0 Å². The quantitative estimate of drug-likeness (QED) is 0.0314. The second kappa shape index (κ2) is 28.0. The van der Waals surface area contributed by atoms with E-state index in [1.807, 2.05) is 27.2 Å². The molecule has 0 saturated carbocycles. The monoisotopic (exact) mass is 643 g/mol. The number of unbranched alkanes of at least 4 members (excludes halogenated alkanes) is 13. The van der Waals surface area contributed by atoms with E-state index >= 15 is 0 Å². The third-order valence-corrected chi connectivity index (χ3v) is 8.32. The Kier molecular flexibility index (Phi) is 27.2. The molecule has 258 valence electrons. The number of phosphoric ester groups is 1. The van der Waals surface area contributed by atoms with E-state index in [-0.39, 0.29) is 19.1 Å². The number of nitrogens with zero attached hydrogens (tertiary/aromatic N) is 1. The minimum Gasteiger partial charge on any atom is -0.387 e. The van der Waals surface area contributed by atoms with E-state index in [1.54, 1.807) is 6.08 Å². The third kappa shape index (κ3) is 29.4. The number of likely N-dealkylation sites (N-methyl/N-ethyl adjacent to an activating group) is 1. The lowest BCUT2D eigenvalue weighted by Gasteiger charge is -2.25. The second-order valence-electron chi connectivity index (χ2n) is 12.9. The molecule has 0 saturated heterocycles. The maximum atomic E-state index is 12.7. The van der Waals surface area contributed by atoms with Gasteiger partial charge in [-0.05, 0) is 44.9 Å². The first-order valence-electron chi connectivity index (χ1n) is 17.4. The highest BCUT2D eigenvalue weighted by Gasteiger charge is 2.27. The number of phosphoric acid groups is 1. The Labute approximate surface area is 270 Å². The molecule has 1 amide bonds. The normalized spacial score (nSPS) is 15.3. The lowest BCUT2D eigenvalue weighted by atomic mass is 10.1. The molecular formula is C35H68N2O6P+. The molecule has 3 atom stereocenters. The van der Waals surface area contributed by atoms with Crippen LogP contribution in [0, 0.1) is 0 Å². The summed E-state index contributed by atoms with van der Waals surface area (Å²) in [4.78, 5) is 22.9. The average Bonchev–Trinajstić information content (AvgIpc) is 2.95. The number of aliphatic hydroxyl groups excluding tert-OH is 1. The van der Waals surface area contributed by atoms with Crippen LogP contribution in [-0.4, -0.2) is 73.4 Å². The van der Waals surface area contributed by atoms with Crippen molar-refractivity contribution in [2.75, 3.05) is 40.9 Å². The Morgan fingerprint density at radius 3 is 1.95 bits per heavy atom. The first-order chi connectivity index (χ1) is 21.0. The van der Waals surface area contributed by atoms with Crippen LogP contribution in [0.3, 0.4) is 0 Å². The van der Waals surface area contributed by atoms with Crippen molar-refractivity contribution in [1.29, 1.82) is 0 Å². The molecular weight excluding hydrogens is 575 g/mol. The van der Waals surface area contributed by atoms with Gasteiger partial charge in [-0.25, -0.2) is 4.57 Å². The average molecular weight is 644 g/mol. The van der Waals surface area contributed by atoms with Crippen LogP contribution in [0.4, 0.5) is 0 Å². The SMILES string of the molecule is CCC/C=C\C/C=C\CCCCCCCC(=O)NC(COP(=O)(O)OCC[N+](C)(C)C)C(O)/C=C/CCCCCCCCC. The van der Waals surface area contributed by atoms with Gasteiger partial charge in [0.1, 0.15) is 13.2 Å². The molecule has 0 radical (unpaired) electrons. The number of amides is 1. The molecule has 0 bridgehead atoms. The summed E-state index contributed by atoms with van der Waals surface area (Å²) in [5.41, 5.74) is 0. The zero-order valence-corrected chi connectivity index (χ0v) is 29.8. The van der Waals surface area contributed by atoms with Gasteiger partial charge in [-0.3, -0.25) is 13.8 Å². The van der Waals surface area contributed by atoms with Crippen molar-refractivity contribution in [3.63, 3.8) is 0 Å². The van der Waals surface area contributed by atoms with Crippen molar-refractivity contribution in [2.24, 2.45) is 0 Å². The zero-order chi connectivity index (χ0) is 32.9. The summed E-state index contributed by atoms with van der Waals surface area (Å²) in [5.74, 6) is -0.198. The smallest absolute Gasteiger partial charge is 0.387 e. The predicted octanol–water partition coefficient (Wildman–Crippen LogP) is 8.40. The Bertz CT molecular complexity index is 825. The third-order valence-electron chi connectivity index (χ3n) is 7.34. The maximum absolute atomic E-state index is 12.7. The van der Waals surface area contributed by atoms with Crippen molar-refractivity contribution >= 4 is 13.7 Å². The molecule has 8 nitrogen and oxygen atoms in total. The fourth-order valence-electron chi connectivity index (χ4n) is 4.49. The van der Waals surface area contributed by atoms with Gasteiger partial charge in [-0.2, -0.15) is 0 Å². The van der Waals surface area contributed by atoms with Gasteiger partial charge in [0.15, 0.2) is 0 Å². The van der Waals surface area contributed by atoms with E-state index in [1.165, 1.54) is 38.5 Å². The molecule has 0 aromatic rings. The topological polar surface area (TPSA) is 105 Å². The summed E-state index contributed by atoms with van der Waals surface area (Å²) in [5, 5.41) is 13.6. The van der Waals surface area contributed by atoms with Gasteiger partial charge in [0.25, 0.3) is 0 Å². The van der Waals surface area contributed by atoms with E-state index in [0.29, 0.717) is 17.4 Å². The van der Waals surface area contributed by atoms with Crippen LogP contribution in [0.25, 0.3) is 0 Å². The van der Waals surface area contributed by atoms with Crippen LogP contribution in [0.5, 0.6) is 0 Å². The van der Waals surface area contributed by atoms with E-state index in [2.05, 4.69) is 43.5 Å². The predicted molar refractivity (Wildman–Crippen MR) is 184 cm³/mol. The molecule has 3 N–H and O–H groups in total. The van der Waals surface area contributed by atoms with Crippen LogP contribution in [0.1, 0.15) is 129 Å². The van der Waals surface area contributed by atoms with Crippen LogP contribution in [0.15, 0.2) is 36.5 Å². The molecule has 0 aliphatic heterocycles. The summed E-state index contributed by atoms with van der Waals surface area (Å²) in [6.45, 7) is 4.67. The zero-order valence-electron chi connectivity index (χ0n) is 28.9. The number of nitrogens with one attached hydrogen (secondary N) is 1. The fourth-order valence-corrected chi connectivity index (χ4v) is 5.22. The number of rotatable bonds is 30. The van der Waals surface area contributed by atoms with Gasteiger partial charge in [-0.1, -0.05) is 115 Å². The molecule has 0 aliphatic carbocycles. The van der Waals surface area contributed by atoms with Gasteiger partial charge < -0.3 is 19.8 Å². The number of carbonyl (C=O) groups excluding carboxylic acids is 1. The summed E-state index contributed by atoms with van der Waals surface area (Å²) in [6.07, 6.45) is 30.7. The van der Waals surface area contributed by atoms with Crippen molar-refractivity contribution < 1.29 is 32.9 Å². The van der Waals surface area contributed by atoms with Gasteiger partial charge >= 0.3 is 7.82 Å². The van der Waals surface area contributed by atoms with Crippen LogP contribution in [-0.2, 0) is 18.4 Å². The first-order valence-corrected chi connectivity index (χ1v) is 18.9. The molecule has 0 rings (SSSR count). The number of quaternary nitrogens is 1. The molecule has 0 spiro atoms. The van der Waals surface area contributed by atoms with Crippen molar-refractivity contribution in [1.82, 2.24) is 5.32 Å². The highest BCUT2D eigenvalue weighted by Crippen LogP contribution is 2.43. The number of aliphatic hydroxyl groups is 1. The number of carbonyl (C=O) groups is 1. The second-order valence-corrected chi connectivity index (χ2v) is 14.3. The lowest BCUT2D eigenvalue weighted by molar-refractivity contribution is -0.870. The van der Waals surface area contributed by atoms with Crippen LogP contribution >= 0.6 is 7.82 Å². The van der Waals surface area contributed by atoms with E-state index in [4.69, 9.17) is 9.05 Å². The largest absolute Gasteiger partial charge is 0.472 e. The van der Waals surface area contributed by atoms with E-state index in [0.717, 1.165) is 70.6 Å². The van der Waals surface area contributed by atoms with Gasteiger partial charge in [0.2, 0.25) is 5.91 Å². The van der Waals surface area contributed by atoms with Gasteiger partial charge in [0, 0.05) is 6.42 Å². The molecule has 0 heterocycles. The minimum atomic E-state index is -4.32. The highest BCUT2D eigenvalue weighted by atomic mass is 31.2. The number of hydrogen-bond donors (Lipinski definition) is 3. The van der Waals surface area contributed by atoms with Crippen molar-refractivity contribution in [3.05, 3.63) is 36.5 Å². The van der Waals surface area contributed by atoms with Crippen molar-refractivity contribution in [3.8, 4) is 0 Å². The summed E-state index contributed by atoms with van der Waals surface area (Å²) in [6, 6.07) is -0.848. The Morgan fingerprint density at radius 2 is 1.34 bits per heavy atom. The molecule has 44 heavy (non-hydrogen) atoms. The lowest BCUT2D eigenvalue weighted by Crippen LogP contribution is -2.45. The van der Waals surface area contributed by atoms with Crippen LogP contribution < -0.4 is 5.32 Å². The summed E-state index contributed by atoms with van der Waals surface area (Å²) < 4.78 is 23.3. The Hall–Kier alpha value is -1.28. The minimum absolute atomic E-state index is 0.0574. The molecule has 0 aliphatic rings. The van der Waals surface area contributed by atoms with Crippen LogP contribution in [0.2, 0.25) is 0 Å². The van der Waals surface area contributed by atoms with E-state index < -0.39 is 20.0 Å². The maximum Gasteiger partial charge on any atom is 0.472 e. The van der Waals surface area contributed by atoms with Crippen molar-refractivity contribution in [2.45, 2.75) is 142 Å². The molecule has 0 aromatic heterocycles. The van der Waals surface area contributed by atoms with E-state index in [9.17, 15) is 19.4 Å². The Balaban J connectivity index is 4.61.